The fourth-order valence-corrected chi connectivity index (χ4v) is 5.16. The third kappa shape index (κ3) is 5.51. The lowest BCUT2D eigenvalue weighted by Gasteiger charge is -2.28. The topological polar surface area (TPSA) is 79.8 Å². The minimum Gasteiger partial charge on any atom is -0.481 e. The predicted molar refractivity (Wildman–Crippen MR) is 129 cm³/mol. The molecular formula is C25H29N3O4S. The summed E-state index contributed by atoms with van der Waals surface area (Å²) in [4.78, 5) is 19.1. The number of methoxy groups -OCH3 is 1. The van der Waals surface area contributed by atoms with E-state index in [0.717, 1.165) is 5.56 Å². The number of hydrogen-bond acceptors (Lipinski definition) is 5. The molecule has 0 saturated heterocycles. The van der Waals surface area contributed by atoms with Crippen molar-refractivity contribution in [1.82, 2.24) is 9.88 Å². The van der Waals surface area contributed by atoms with Gasteiger partial charge in [0.05, 0.1) is 30.4 Å². The summed E-state index contributed by atoms with van der Waals surface area (Å²) in [6, 6.07) is 17.5. The van der Waals surface area contributed by atoms with Crippen LogP contribution in [0.15, 0.2) is 71.8 Å². The number of pyridine rings is 1. The van der Waals surface area contributed by atoms with Crippen LogP contribution in [-0.4, -0.2) is 51.0 Å². The van der Waals surface area contributed by atoms with Gasteiger partial charge in [-0.3, -0.25) is 9.10 Å². The lowest BCUT2D eigenvalue weighted by atomic mass is 10.1. The molecule has 0 atom stereocenters. The molecule has 0 aliphatic heterocycles. The lowest BCUT2D eigenvalue weighted by molar-refractivity contribution is 0.0769. The Morgan fingerprint density at radius 2 is 1.67 bits per heavy atom. The first-order chi connectivity index (χ1) is 15.8. The van der Waals surface area contributed by atoms with Crippen molar-refractivity contribution < 1.29 is 17.9 Å². The predicted octanol–water partition coefficient (Wildman–Crippen LogP) is 4.06. The van der Waals surface area contributed by atoms with E-state index in [1.165, 1.54) is 17.6 Å². The Hall–Kier alpha value is -3.39. The molecule has 3 aromatic rings. The van der Waals surface area contributed by atoms with Crippen LogP contribution >= 0.6 is 0 Å². The number of ether oxygens (including phenoxy) is 1. The maximum atomic E-state index is 13.6. The van der Waals surface area contributed by atoms with Gasteiger partial charge in [-0.25, -0.2) is 13.4 Å². The summed E-state index contributed by atoms with van der Waals surface area (Å²) in [6.07, 6.45) is 1.47. The highest BCUT2D eigenvalue weighted by atomic mass is 32.2. The molecule has 7 nitrogen and oxygen atoms in total. The van der Waals surface area contributed by atoms with Crippen LogP contribution in [0.25, 0.3) is 0 Å². The maximum absolute atomic E-state index is 13.6. The Bertz CT molecular complexity index is 1190. The molecule has 3 rings (SSSR count). The second-order valence-electron chi connectivity index (χ2n) is 7.65. The first-order valence-corrected chi connectivity index (χ1v) is 12.2. The quantitative estimate of drug-likeness (QED) is 0.474. The second-order valence-corrected chi connectivity index (χ2v) is 9.48. The number of amides is 1. The number of rotatable bonds is 9. The van der Waals surface area contributed by atoms with Crippen LogP contribution in [0.3, 0.4) is 0 Å². The van der Waals surface area contributed by atoms with Gasteiger partial charge in [-0.2, -0.15) is 0 Å². The van der Waals surface area contributed by atoms with Crippen molar-refractivity contribution in [3.05, 3.63) is 83.6 Å². The highest BCUT2D eigenvalue weighted by Gasteiger charge is 2.28. The van der Waals surface area contributed by atoms with Crippen LogP contribution in [0.4, 0.5) is 5.69 Å². The van der Waals surface area contributed by atoms with E-state index in [4.69, 9.17) is 4.74 Å². The molecule has 0 aliphatic carbocycles. The molecule has 1 amide bonds. The number of benzene rings is 2. The number of anilines is 1. The zero-order valence-corrected chi connectivity index (χ0v) is 20.2. The lowest BCUT2D eigenvalue weighted by Crippen LogP contribution is -2.41. The van der Waals surface area contributed by atoms with E-state index in [1.807, 2.05) is 26.0 Å². The van der Waals surface area contributed by atoms with Crippen LogP contribution in [0.5, 0.6) is 5.88 Å². The van der Waals surface area contributed by atoms with Crippen molar-refractivity contribution in [2.45, 2.75) is 25.7 Å². The molecule has 0 aliphatic rings. The van der Waals surface area contributed by atoms with Crippen molar-refractivity contribution in [1.29, 1.82) is 0 Å². The number of carbonyl (C=O) groups is 1. The standard InChI is InChI=1S/C25H29N3O4S/c1-5-27(25(29)21-12-10-19(2)11-13-21)16-17-28(22-14-15-24(32-4)26-18-22)33(30,31)23-9-7-6-8-20(23)3/h6-15,18H,5,16-17H2,1-4H3. The SMILES string of the molecule is CCN(CCN(c1ccc(OC)nc1)S(=O)(=O)c1ccccc1C)C(=O)c1ccc(C)cc1. The molecule has 0 unspecified atom stereocenters. The molecule has 1 aromatic heterocycles. The summed E-state index contributed by atoms with van der Waals surface area (Å²) in [5.74, 6) is 0.246. The Kier molecular flexibility index (Phi) is 7.71. The Morgan fingerprint density at radius 3 is 2.24 bits per heavy atom. The van der Waals surface area contributed by atoms with Crippen LogP contribution in [0.1, 0.15) is 28.4 Å². The van der Waals surface area contributed by atoms with Crippen molar-refractivity contribution in [3.8, 4) is 5.88 Å². The smallest absolute Gasteiger partial charge is 0.264 e. The summed E-state index contributed by atoms with van der Waals surface area (Å²) < 4.78 is 33.7. The van der Waals surface area contributed by atoms with Crippen molar-refractivity contribution in [2.75, 3.05) is 31.0 Å². The average molecular weight is 468 g/mol. The highest BCUT2D eigenvalue weighted by molar-refractivity contribution is 7.92. The molecule has 8 heteroatoms. The van der Waals surface area contributed by atoms with Crippen molar-refractivity contribution in [3.63, 3.8) is 0 Å². The molecule has 0 spiro atoms. The molecule has 1 heterocycles. The molecular weight excluding hydrogens is 438 g/mol. The van der Waals surface area contributed by atoms with Gasteiger partial charge in [0.15, 0.2) is 0 Å². The number of carbonyl (C=O) groups excluding carboxylic acids is 1. The van der Waals surface area contributed by atoms with E-state index in [2.05, 4.69) is 4.98 Å². The van der Waals surface area contributed by atoms with Gasteiger partial charge in [0.2, 0.25) is 5.88 Å². The summed E-state index contributed by atoms with van der Waals surface area (Å²) in [7, 11) is -2.39. The highest BCUT2D eigenvalue weighted by Crippen LogP contribution is 2.26. The molecule has 2 aromatic carbocycles. The molecule has 0 bridgehead atoms. The summed E-state index contributed by atoms with van der Waals surface area (Å²) in [5, 5.41) is 0. The Balaban J connectivity index is 1.93. The first kappa shape index (κ1) is 24.3. The van der Waals surface area contributed by atoms with Crippen LogP contribution in [-0.2, 0) is 10.0 Å². The van der Waals surface area contributed by atoms with Gasteiger partial charge in [-0.1, -0.05) is 35.9 Å². The van der Waals surface area contributed by atoms with E-state index < -0.39 is 10.0 Å². The van der Waals surface area contributed by atoms with E-state index in [1.54, 1.807) is 60.4 Å². The number of nitrogens with zero attached hydrogens (tertiary/aromatic N) is 3. The number of likely N-dealkylation sites (N-methyl/N-ethyl adjacent to an activating group) is 1. The first-order valence-electron chi connectivity index (χ1n) is 10.7. The normalized spacial score (nSPS) is 11.2. The van der Waals surface area contributed by atoms with Gasteiger partial charge >= 0.3 is 0 Å². The zero-order valence-electron chi connectivity index (χ0n) is 19.4. The van der Waals surface area contributed by atoms with Gasteiger partial charge < -0.3 is 9.64 Å². The third-order valence-electron chi connectivity index (χ3n) is 5.42. The number of sulfonamides is 1. The van der Waals surface area contributed by atoms with E-state index in [-0.39, 0.29) is 23.9 Å². The summed E-state index contributed by atoms with van der Waals surface area (Å²) in [5.41, 5.74) is 2.68. The van der Waals surface area contributed by atoms with Crippen LogP contribution in [0, 0.1) is 13.8 Å². The second kappa shape index (κ2) is 10.5. The fourth-order valence-electron chi connectivity index (χ4n) is 3.49. The minimum atomic E-state index is -3.89. The van der Waals surface area contributed by atoms with Gasteiger partial charge in [-0.05, 0) is 50.6 Å². The van der Waals surface area contributed by atoms with Gasteiger partial charge in [0, 0.05) is 24.7 Å². The summed E-state index contributed by atoms with van der Waals surface area (Å²) >= 11 is 0. The van der Waals surface area contributed by atoms with Gasteiger partial charge in [0.25, 0.3) is 15.9 Å². The number of aryl methyl sites for hydroxylation is 2. The molecule has 0 saturated carbocycles. The zero-order chi connectivity index (χ0) is 24.0. The largest absolute Gasteiger partial charge is 0.481 e. The minimum absolute atomic E-state index is 0.0795. The fraction of sp³-hybridized carbons (Fsp3) is 0.280. The third-order valence-corrected chi connectivity index (χ3v) is 7.41. The van der Waals surface area contributed by atoms with Crippen molar-refractivity contribution in [2.24, 2.45) is 0 Å². The Labute approximate surface area is 195 Å². The summed E-state index contributed by atoms with van der Waals surface area (Å²) in [6.45, 7) is 6.35. The van der Waals surface area contributed by atoms with Gasteiger partial charge in [0.1, 0.15) is 0 Å². The van der Waals surface area contributed by atoms with Crippen LogP contribution in [0.2, 0.25) is 0 Å². The monoisotopic (exact) mass is 467 g/mol. The Morgan fingerprint density at radius 1 is 0.970 bits per heavy atom. The average Bonchev–Trinajstić information content (AvgIpc) is 2.82. The number of hydrogen-bond donors (Lipinski definition) is 0. The molecule has 33 heavy (non-hydrogen) atoms. The molecule has 174 valence electrons. The maximum Gasteiger partial charge on any atom is 0.264 e. The van der Waals surface area contributed by atoms with E-state index in [9.17, 15) is 13.2 Å². The van der Waals surface area contributed by atoms with Gasteiger partial charge in [-0.15, -0.1) is 0 Å². The van der Waals surface area contributed by atoms with E-state index in [0.29, 0.717) is 29.2 Å². The van der Waals surface area contributed by atoms with Crippen molar-refractivity contribution >= 4 is 21.6 Å². The molecule has 0 N–H and O–H groups in total. The molecule has 0 fully saturated rings. The molecule has 0 radical (unpaired) electrons. The van der Waals surface area contributed by atoms with Crippen LogP contribution < -0.4 is 9.04 Å². The van der Waals surface area contributed by atoms with E-state index >= 15 is 0 Å². The number of aromatic nitrogens is 1.